The van der Waals surface area contributed by atoms with Gasteiger partial charge in [-0.3, -0.25) is 4.79 Å². The average Bonchev–Trinajstić information content (AvgIpc) is 2.53. The first-order valence-corrected chi connectivity index (χ1v) is 8.52. The molecule has 0 bridgehead atoms. The third-order valence-electron chi connectivity index (χ3n) is 4.00. The van der Waals surface area contributed by atoms with Crippen molar-refractivity contribution in [1.82, 2.24) is 4.90 Å². The van der Waals surface area contributed by atoms with E-state index in [9.17, 15) is 4.79 Å². The first-order chi connectivity index (χ1) is 10.3. The Kier molecular flexibility index (Phi) is 10.5. The molecule has 1 amide bonds. The van der Waals surface area contributed by atoms with Gasteiger partial charge in [0.05, 0.1) is 0 Å². The molecule has 0 aliphatic heterocycles. The Bertz CT molecular complexity index is 350. The molecule has 0 N–H and O–H groups in total. The fourth-order valence-electron chi connectivity index (χ4n) is 2.63. The van der Waals surface area contributed by atoms with Crippen molar-refractivity contribution in [2.45, 2.75) is 64.2 Å². The number of rotatable bonds is 13. The minimum atomic E-state index is 0.906. The van der Waals surface area contributed by atoms with Crippen molar-refractivity contribution in [2.75, 3.05) is 13.6 Å². The van der Waals surface area contributed by atoms with Crippen molar-refractivity contribution in [3.63, 3.8) is 0 Å². The van der Waals surface area contributed by atoms with Crippen LogP contribution in [0, 0.1) is 0 Å². The number of nitrogens with zero attached hydrogens (tertiary/aromatic N) is 1. The van der Waals surface area contributed by atoms with Crippen LogP contribution >= 0.6 is 0 Å². The van der Waals surface area contributed by atoms with Gasteiger partial charge in [-0.1, -0.05) is 75.3 Å². The summed E-state index contributed by atoms with van der Waals surface area (Å²) in [6.07, 6.45) is 14.0. The number of hydrogen-bond donors (Lipinski definition) is 0. The molecule has 2 nitrogen and oxygen atoms in total. The van der Waals surface area contributed by atoms with Crippen LogP contribution < -0.4 is 0 Å². The second-order valence-electron chi connectivity index (χ2n) is 6.00. The molecule has 21 heavy (non-hydrogen) atoms. The number of unbranched alkanes of at least 4 members (excludes halogenated alkanes) is 8. The molecule has 1 rings (SSSR count). The lowest BCUT2D eigenvalue weighted by atomic mass is 10.0. The van der Waals surface area contributed by atoms with E-state index in [0.29, 0.717) is 0 Å². The van der Waals surface area contributed by atoms with E-state index in [2.05, 4.69) is 30.3 Å². The van der Waals surface area contributed by atoms with Crippen molar-refractivity contribution in [3.05, 3.63) is 35.9 Å². The van der Waals surface area contributed by atoms with Crippen LogP contribution in [0.3, 0.4) is 0 Å². The van der Waals surface area contributed by atoms with E-state index >= 15 is 0 Å². The van der Waals surface area contributed by atoms with E-state index in [0.717, 1.165) is 19.4 Å². The Balaban J connectivity index is 1.80. The highest BCUT2D eigenvalue weighted by molar-refractivity contribution is 5.46. The molecule has 0 heterocycles. The topological polar surface area (TPSA) is 20.3 Å². The van der Waals surface area contributed by atoms with Gasteiger partial charge in [0.25, 0.3) is 0 Å². The van der Waals surface area contributed by atoms with Crippen LogP contribution in [0.1, 0.15) is 63.4 Å². The summed E-state index contributed by atoms with van der Waals surface area (Å²) in [4.78, 5) is 12.1. The van der Waals surface area contributed by atoms with E-state index in [-0.39, 0.29) is 0 Å². The van der Waals surface area contributed by atoms with E-state index in [1.807, 2.05) is 7.05 Å². The lowest BCUT2D eigenvalue weighted by Crippen LogP contribution is -2.16. The normalized spacial score (nSPS) is 10.5. The summed E-state index contributed by atoms with van der Waals surface area (Å²) in [6, 6.07) is 10.8. The van der Waals surface area contributed by atoms with Gasteiger partial charge in [-0.15, -0.1) is 0 Å². The van der Waals surface area contributed by atoms with Crippen LogP contribution in [-0.2, 0) is 11.2 Å². The van der Waals surface area contributed by atoms with Crippen LogP contribution in [0.2, 0.25) is 0 Å². The fourth-order valence-corrected chi connectivity index (χ4v) is 2.63. The monoisotopic (exact) mass is 289 g/mol. The average molecular weight is 289 g/mol. The maximum absolute atomic E-state index is 10.4. The second-order valence-corrected chi connectivity index (χ2v) is 6.00. The molecule has 0 unspecified atom stereocenters. The van der Waals surface area contributed by atoms with E-state index in [1.54, 1.807) is 4.90 Å². The summed E-state index contributed by atoms with van der Waals surface area (Å²) in [7, 11) is 1.85. The van der Waals surface area contributed by atoms with Crippen molar-refractivity contribution in [2.24, 2.45) is 0 Å². The fraction of sp³-hybridized carbons (Fsp3) is 0.632. The van der Waals surface area contributed by atoms with E-state index in [1.165, 1.54) is 63.4 Å². The minimum absolute atomic E-state index is 0.906. The molecule has 0 aromatic heterocycles. The molecular weight excluding hydrogens is 258 g/mol. The predicted molar refractivity (Wildman–Crippen MR) is 90.4 cm³/mol. The van der Waals surface area contributed by atoms with Gasteiger partial charge in [0.15, 0.2) is 0 Å². The van der Waals surface area contributed by atoms with Crippen LogP contribution in [0.4, 0.5) is 0 Å². The van der Waals surface area contributed by atoms with Crippen molar-refractivity contribution < 1.29 is 4.79 Å². The number of carbonyl (C=O) groups excluding carboxylic acids is 1. The zero-order valence-corrected chi connectivity index (χ0v) is 13.6. The van der Waals surface area contributed by atoms with E-state index in [4.69, 9.17) is 0 Å². The smallest absolute Gasteiger partial charge is 0.209 e. The Hall–Kier alpha value is -1.31. The first kappa shape index (κ1) is 17.7. The zero-order valence-electron chi connectivity index (χ0n) is 13.6. The third-order valence-corrected chi connectivity index (χ3v) is 4.00. The largest absolute Gasteiger partial charge is 0.348 e. The van der Waals surface area contributed by atoms with Crippen LogP contribution in [0.15, 0.2) is 30.3 Å². The van der Waals surface area contributed by atoms with Crippen molar-refractivity contribution >= 4 is 6.41 Å². The van der Waals surface area contributed by atoms with Crippen LogP contribution in [-0.4, -0.2) is 24.9 Å². The Morgan fingerprint density at radius 3 is 1.90 bits per heavy atom. The molecule has 0 atom stereocenters. The quantitative estimate of drug-likeness (QED) is 0.376. The lowest BCUT2D eigenvalue weighted by molar-refractivity contribution is -0.117. The van der Waals surface area contributed by atoms with Gasteiger partial charge in [0, 0.05) is 13.6 Å². The van der Waals surface area contributed by atoms with Crippen LogP contribution in [0.5, 0.6) is 0 Å². The summed E-state index contributed by atoms with van der Waals surface area (Å²) in [5, 5.41) is 0. The number of carbonyl (C=O) groups is 1. The van der Waals surface area contributed by atoms with Gasteiger partial charge in [-0.05, 0) is 24.8 Å². The second kappa shape index (κ2) is 12.4. The number of benzene rings is 1. The minimum Gasteiger partial charge on any atom is -0.348 e. The number of hydrogen-bond acceptors (Lipinski definition) is 1. The lowest BCUT2D eigenvalue weighted by Gasteiger charge is -2.09. The van der Waals surface area contributed by atoms with Gasteiger partial charge in [0.1, 0.15) is 0 Å². The predicted octanol–water partition coefficient (Wildman–Crippen LogP) is 4.83. The summed E-state index contributed by atoms with van der Waals surface area (Å²) in [5.74, 6) is 0. The molecule has 0 fully saturated rings. The van der Waals surface area contributed by atoms with Crippen LogP contribution in [0.25, 0.3) is 0 Å². The molecule has 0 spiro atoms. The van der Waals surface area contributed by atoms with Gasteiger partial charge in [-0.25, -0.2) is 0 Å². The van der Waals surface area contributed by atoms with Crippen molar-refractivity contribution in [3.8, 4) is 0 Å². The Labute approximate surface area is 130 Å². The molecule has 1 aromatic carbocycles. The summed E-state index contributed by atoms with van der Waals surface area (Å²) in [6.45, 7) is 0.906. The van der Waals surface area contributed by atoms with Gasteiger partial charge in [0.2, 0.25) is 6.41 Å². The van der Waals surface area contributed by atoms with E-state index < -0.39 is 0 Å². The maximum atomic E-state index is 10.4. The molecule has 0 aliphatic rings. The molecule has 118 valence electrons. The first-order valence-electron chi connectivity index (χ1n) is 8.52. The highest BCUT2D eigenvalue weighted by Gasteiger charge is 1.96. The van der Waals surface area contributed by atoms with Gasteiger partial charge < -0.3 is 4.90 Å². The number of aryl methyl sites for hydroxylation is 1. The number of amides is 1. The maximum Gasteiger partial charge on any atom is 0.209 e. The molecule has 0 aliphatic carbocycles. The molecule has 2 heteroatoms. The standard InChI is InChI=1S/C19H31NO/c1-20(18-21)17-13-8-6-4-2-3-5-7-10-14-19-15-11-9-12-16-19/h9,11-12,15-16,18H,2-8,10,13-14,17H2,1H3. The van der Waals surface area contributed by atoms with Gasteiger partial charge in [-0.2, -0.15) is 0 Å². The zero-order chi connectivity index (χ0) is 15.2. The molecular formula is C19H31NO. The Morgan fingerprint density at radius 1 is 0.810 bits per heavy atom. The highest BCUT2D eigenvalue weighted by atomic mass is 16.1. The highest BCUT2D eigenvalue weighted by Crippen LogP contribution is 2.11. The molecule has 0 saturated carbocycles. The van der Waals surface area contributed by atoms with Gasteiger partial charge >= 0.3 is 0 Å². The summed E-state index contributed by atoms with van der Waals surface area (Å²) < 4.78 is 0. The summed E-state index contributed by atoms with van der Waals surface area (Å²) in [5.41, 5.74) is 1.47. The SMILES string of the molecule is CN(C=O)CCCCCCCCCCCc1ccccc1. The summed E-state index contributed by atoms with van der Waals surface area (Å²) >= 11 is 0. The molecule has 1 aromatic rings. The van der Waals surface area contributed by atoms with Crippen molar-refractivity contribution in [1.29, 1.82) is 0 Å². The third kappa shape index (κ3) is 10.1. The molecule has 0 saturated heterocycles. The molecule has 0 radical (unpaired) electrons. The Morgan fingerprint density at radius 2 is 1.33 bits per heavy atom.